The average molecular weight is 333 g/mol. The van der Waals surface area contributed by atoms with Gasteiger partial charge < -0.3 is 10.6 Å². The van der Waals surface area contributed by atoms with Crippen LogP contribution in [-0.2, 0) is 13.0 Å². The van der Waals surface area contributed by atoms with Gasteiger partial charge in [-0.2, -0.15) is 0 Å². The summed E-state index contributed by atoms with van der Waals surface area (Å²) < 4.78 is 1.15. The second-order valence-electron chi connectivity index (χ2n) is 5.12. The van der Waals surface area contributed by atoms with Gasteiger partial charge in [0.05, 0.1) is 0 Å². The summed E-state index contributed by atoms with van der Waals surface area (Å²) in [7, 11) is 2.13. The summed E-state index contributed by atoms with van der Waals surface area (Å²) in [6, 6.07) is 14.9. The van der Waals surface area contributed by atoms with E-state index in [9.17, 15) is 0 Å². The van der Waals surface area contributed by atoms with E-state index in [1.807, 2.05) is 6.07 Å². The Balaban J connectivity index is 2.25. The van der Waals surface area contributed by atoms with Crippen LogP contribution in [0.4, 0.5) is 5.69 Å². The standard InChI is InChI=1S/C17H21BrN2/c1-13-7-8-17(14(11-13)9-10-19)20(2)12-15-5-3-4-6-16(15)18/h3-8,11H,9-10,12,19H2,1-2H3. The van der Waals surface area contributed by atoms with Crippen LogP contribution in [0.5, 0.6) is 0 Å². The third-order valence-corrected chi connectivity index (χ3v) is 4.20. The van der Waals surface area contributed by atoms with E-state index in [2.05, 4.69) is 71.2 Å². The molecule has 0 saturated heterocycles. The molecule has 2 aromatic rings. The van der Waals surface area contributed by atoms with E-state index in [1.54, 1.807) is 0 Å². The van der Waals surface area contributed by atoms with Crippen LogP contribution >= 0.6 is 15.9 Å². The topological polar surface area (TPSA) is 29.3 Å². The Morgan fingerprint density at radius 1 is 1.10 bits per heavy atom. The maximum absolute atomic E-state index is 5.73. The van der Waals surface area contributed by atoms with Crippen LogP contribution in [0.3, 0.4) is 0 Å². The summed E-state index contributed by atoms with van der Waals surface area (Å²) in [5, 5.41) is 0. The highest BCUT2D eigenvalue weighted by Gasteiger charge is 2.09. The van der Waals surface area contributed by atoms with Gasteiger partial charge in [-0.3, -0.25) is 0 Å². The van der Waals surface area contributed by atoms with Gasteiger partial charge in [0.15, 0.2) is 0 Å². The van der Waals surface area contributed by atoms with Gasteiger partial charge in [-0.15, -0.1) is 0 Å². The monoisotopic (exact) mass is 332 g/mol. The van der Waals surface area contributed by atoms with Crippen molar-refractivity contribution in [1.82, 2.24) is 0 Å². The lowest BCUT2D eigenvalue weighted by Gasteiger charge is -2.23. The van der Waals surface area contributed by atoms with Gasteiger partial charge >= 0.3 is 0 Å². The average Bonchev–Trinajstić information content (AvgIpc) is 2.42. The first-order valence-corrected chi connectivity index (χ1v) is 7.65. The van der Waals surface area contributed by atoms with Gasteiger partial charge in [-0.25, -0.2) is 0 Å². The number of nitrogens with two attached hydrogens (primary N) is 1. The zero-order chi connectivity index (χ0) is 14.5. The second kappa shape index (κ2) is 6.91. The Morgan fingerprint density at radius 2 is 1.85 bits per heavy atom. The lowest BCUT2D eigenvalue weighted by atomic mass is 10.0. The number of benzene rings is 2. The summed E-state index contributed by atoms with van der Waals surface area (Å²) >= 11 is 3.61. The van der Waals surface area contributed by atoms with Crippen LogP contribution in [0, 0.1) is 6.92 Å². The number of nitrogens with zero attached hydrogens (tertiary/aromatic N) is 1. The van der Waals surface area contributed by atoms with Crippen molar-refractivity contribution in [2.75, 3.05) is 18.5 Å². The predicted octanol–water partition coefficient (Wildman–Crippen LogP) is 3.90. The largest absolute Gasteiger partial charge is 0.370 e. The summed E-state index contributed by atoms with van der Waals surface area (Å²) in [6.07, 6.45) is 0.914. The minimum atomic E-state index is 0.680. The van der Waals surface area contributed by atoms with Gasteiger partial charge in [-0.05, 0) is 43.1 Å². The lowest BCUT2D eigenvalue weighted by Crippen LogP contribution is -2.19. The van der Waals surface area contributed by atoms with Crippen LogP contribution in [0.25, 0.3) is 0 Å². The van der Waals surface area contributed by atoms with Crippen molar-refractivity contribution in [3.8, 4) is 0 Å². The molecule has 0 radical (unpaired) electrons. The molecular weight excluding hydrogens is 312 g/mol. The zero-order valence-corrected chi connectivity index (χ0v) is 13.7. The molecule has 0 bridgehead atoms. The maximum Gasteiger partial charge on any atom is 0.0437 e. The molecule has 0 atom stereocenters. The Kier molecular flexibility index (Phi) is 5.21. The molecule has 0 spiro atoms. The van der Waals surface area contributed by atoms with E-state index in [-0.39, 0.29) is 0 Å². The first-order chi connectivity index (χ1) is 9.61. The van der Waals surface area contributed by atoms with Crippen LogP contribution in [0.1, 0.15) is 16.7 Å². The molecule has 0 unspecified atom stereocenters. The molecule has 2 nitrogen and oxygen atoms in total. The molecule has 0 heterocycles. The van der Waals surface area contributed by atoms with Crippen molar-refractivity contribution in [1.29, 1.82) is 0 Å². The molecule has 3 heteroatoms. The molecular formula is C17H21BrN2. The number of anilines is 1. The van der Waals surface area contributed by atoms with Crippen molar-refractivity contribution in [3.05, 3.63) is 63.6 Å². The van der Waals surface area contributed by atoms with Crippen LogP contribution in [-0.4, -0.2) is 13.6 Å². The number of aryl methyl sites for hydroxylation is 1. The fourth-order valence-electron chi connectivity index (χ4n) is 2.41. The molecule has 0 saturated carbocycles. The van der Waals surface area contributed by atoms with Crippen LogP contribution in [0.15, 0.2) is 46.9 Å². The Bertz CT molecular complexity index is 581. The molecule has 0 fully saturated rings. The van der Waals surface area contributed by atoms with Gasteiger partial charge in [-0.1, -0.05) is 51.8 Å². The Labute approximate surface area is 129 Å². The first-order valence-electron chi connectivity index (χ1n) is 6.86. The van der Waals surface area contributed by atoms with Crippen molar-refractivity contribution >= 4 is 21.6 Å². The summed E-state index contributed by atoms with van der Waals surface area (Å²) in [5.41, 5.74) is 10.9. The highest BCUT2D eigenvalue weighted by atomic mass is 79.9. The van der Waals surface area contributed by atoms with E-state index in [0.717, 1.165) is 17.4 Å². The third-order valence-electron chi connectivity index (χ3n) is 3.43. The highest BCUT2D eigenvalue weighted by Crippen LogP contribution is 2.25. The Morgan fingerprint density at radius 3 is 2.55 bits per heavy atom. The second-order valence-corrected chi connectivity index (χ2v) is 5.97. The van der Waals surface area contributed by atoms with Crippen molar-refractivity contribution < 1.29 is 0 Å². The van der Waals surface area contributed by atoms with Gasteiger partial charge in [0, 0.05) is 23.8 Å². The number of hydrogen-bond donors (Lipinski definition) is 1. The fourth-order valence-corrected chi connectivity index (χ4v) is 2.82. The molecule has 0 amide bonds. The molecule has 0 aliphatic rings. The smallest absolute Gasteiger partial charge is 0.0437 e. The van der Waals surface area contributed by atoms with E-state index < -0.39 is 0 Å². The zero-order valence-electron chi connectivity index (χ0n) is 12.1. The van der Waals surface area contributed by atoms with E-state index in [4.69, 9.17) is 5.73 Å². The van der Waals surface area contributed by atoms with Gasteiger partial charge in [0.2, 0.25) is 0 Å². The van der Waals surface area contributed by atoms with E-state index in [0.29, 0.717) is 6.54 Å². The molecule has 2 N–H and O–H groups in total. The summed E-state index contributed by atoms with van der Waals surface area (Å²) in [5.74, 6) is 0. The minimum Gasteiger partial charge on any atom is -0.370 e. The fraction of sp³-hybridized carbons (Fsp3) is 0.294. The predicted molar refractivity (Wildman–Crippen MR) is 90.2 cm³/mol. The van der Waals surface area contributed by atoms with Crippen molar-refractivity contribution in [2.45, 2.75) is 19.9 Å². The van der Waals surface area contributed by atoms with E-state index >= 15 is 0 Å². The third kappa shape index (κ3) is 3.62. The lowest BCUT2D eigenvalue weighted by molar-refractivity contribution is 0.888. The number of hydrogen-bond acceptors (Lipinski definition) is 2. The van der Waals surface area contributed by atoms with E-state index in [1.165, 1.54) is 22.4 Å². The van der Waals surface area contributed by atoms with Gasteiger partial charge in [0.25, 0.3) is 0 Å². The quantitative estimate of drug-likeness (QED) is 0.899. The first kappa shape index (κ1) is 15.1. The molecule has 2 aromatic carbocycles. The summed E-state index contributed by atoms with van der Waals surface area (Å²) in [4.78, 5) is 2.28. The normalized spacial score (nSPS) is 10.6. The molecule has 0 aliphatic carbocycles. The molecule has 106 valence electrons. The SMILES string of the molecule is Cc1ccc(N(C)Cc2ccccc2Br)c(CCN)c1. The van der Waals surface area contributed by atoms with Crippen LogP contribution < -0.4 is 10.6 Å². The van der Waals surface area contributed by atoms with Crippen molar-refractivity contribution in [3.63, 3.8) is 0 Å². The maximum atomic E-state index is 5.73. The van der Waals surface area contributed by atoms with Crippen molar-refractivity contribution in [2.24, 2.45) is 5.73 Å². The molecule has 0 aromatic heterocycles. The molecule has 20 heavy (non-hydrogen) atoms. The number of halogens is 1. The number of rotatable bonds is 5. The minimum absolute atomic E-state index is 0.680. The molecule has 0 aliphatic heterocycles. The Hall–Kier alpha value is -1.32. The summed E-state index contributed by atoms with van der Waals surface area (Å²) in [6.45, 7) is 3.68. The van der Waals surface area contributed by atoms with Gasteiger partial charge in [0.1, 0.15) is 0 Å². The van der Waals surface area contributed by atoms with Crippen LogP contribution in [0.2, 0.25) is 0 Å². The molecule has 2 rings (SSSR count). The highest BCUT2D eigenvalue weighted by molar-refractivity contribution is 9.10.